The largest absolute Gasteiger partial charge is 0.339 e. The molecule has 0 bridgehead atoms. The first-order valence-corrected chi connectivity index (χ1v) is 4.42. The van der Waals surface area contributed by atoms with E-state index in [1.165, 1.54) is 6.33 Å². The third-order valence-corrected chi connectivity index (χ3v) is 2.51. The number of H-pyrrole nitrogens is 1. The Hall–Kier alpha value is -1.85. The molecule has 72 valence electrons. The standard InChI is InChI=1S/C8H9N5O/c1-12-6-5(10-4-11-6)7(14)13-3-2-9-8(12)13/h4H,2-3H2,1H3,(H,10,11). The molecule has 6 nitrogen and oxygen atoms in total. The molecule has 3 heterocycles. The van der Waals surface area contributed by atoms with Crippen molar-refractivity contribution in [1.29, 1.82) is 0 Å². The zero-order valence-electron chi connectivity index (χ0n) is 7.69. The monoisotopic (exact) mass is 191 g/mol. The van der Waals surface area contributed by atoms with Gasteiger partial charge in [0.1, 0.15) is 5.69 Å². The van der Waals surface area contributed by atoms with E-state index in [9.17, 15) is 4.79 Å². The summed E-state index contributed by atoms with van der Waals surface area (Å²) in [7, 11) is 1.86. The second-order valence-corrected chi connectivity index (χ2v) is 3.30. The van der Waals surface area contributed by atoms with Gasteiger partial charge in [-0.25, -0.2) is 4.98 Å². The number of nitrogens with one attached hydrogen (secondary N) is 1. The molecule has 0 aliphatic carbocycles. The molecule has 1 aromatic heterocycles. The number of hydrogen-bond acceptors (Lipinski definition) is 4. The third kappa shape index (κ3) is 0.729. The van der Waals surface area contributed by atoms with Crippen molar-refractivity contribution in [3.63, 3.8) is 0 Å². The van der Waals surface area contributed by atoms with Crippen LogP contribution >= 0.6 is 0 Å². The highest BCUT2D eigenvalue weighted by Gasteiger charge is 2.37. The minimum atomic E-state index is -0.0353. The summed E-state index contributed by atoms with van der Waals surface area (Å²) >= 11 is 0. The maximum Gasteiger partial charge on any atom is 0.280 e. The molecule has 1 aromatic rings. The Morgan fingerprint density at radius 3 is 3.29 bits per heavy atom. The molecule has 0 spiro atoms. The van der Waals surface area contributed by atoms with Gasteiger partial charge < -0.3 is 4.98 Å². The number of aromatic nitrogens is 2. The van der Waals surface area contributed by atoms with Crippen molar-refractivity contribution in [3.05, 3.63) is 12.0 Å². The molecule has 14 heavy (non-hydrogen) atoms. The molecule has 0 fully saturated rings. The van der Waals surface area contributed by atoms with Crippen LogP contribution in [0.25, 0.3) is 0 Å². The summed E-state index contributed by atoms with van der Waals surface area (Å²) in [6.07, 6.45) is 1.53. The van der Waals surface area contributed by atoms with Crippen LogP contribution in [0.4, 0.5) is 5.82 Å². The topological polar surface area (TPSA) is 64.6 Å². The van der Waals surface area contributed by atoms with E-state index in [-0.39, 0.29) is 5.91 Å². The van der Waals surface area contributed by atoms with Crippen molar-refractivity contribution >= 4 is 17.7 Å². The third-order valence-electron chi connectivity index (χ3n) is 2.51. The molecule has 1 N–H and O–H groups in total. The van der Waals surface area contributed by atoms with E-state index in [2.05, 4.69) is 15.0 Å². The van der Waals surface area contributed by atoms with Crippen LogP contribution in [0, 0.1) is 0 Å². The fourth-order valence-electron chi connectivity index (χ4n) is 1.84. The Bertz CT molecular complexity index is 435. The van der Waals surface area contributed by atoms with Gasteiger partial charge in [0, 0.05) is 13.6 Å². The minimum absolute atomic E-state index is 0.0353. The highest BCUT2D eigenvalue weighted by molar-refractivity contribution is 6.17. The molecule has 0 atom stereocenters. The summed E-state index contributed by atoms with van der Waals surface area (Å²) in [6, 6.07) is 0. The number of carbonyl (C=O) groups is 1. The Morgan fingerprint density at radius 1 is 1.57 bits per heavy atom. The smallest absolute Gasteiger partial charge is 0.280 e. The second-order valence-electron chi connectivity index (χ2n) is 3.30. The molecule has 0 aromatic carbocycles. The lowest BCUT2D eigenvalue weighted by atomic mass is 10.3. The number of amides is 1. The summed E-state index contributed by atoms with van der Waals surface area (Å²) in [5.74, 6) is 1.33. The van der Waals surface area contributed by atoms with Crippen molar-refractivity contribution in [3.8, 4) is 0 Å². The number of imidazole rings is 1. The average molecular weight is 191 g/mol. The second kappa shape index (κ2) is 2.34. The highest BCUT2D eigenvalue weighted by atomic mass is 16.2. The number of nitrogens with zero attached hydrogens (tertiary/aromatic N) is 4. The molecule has 0 saturated heterocycles. The van der Waals surface area contributed by atoms with Crippen LogP contribution in [0.3, 0.4) is 0 Å². The van der Waals surface area contributed by atoms with E-state index in [0.29, 0.717) is 30.6 Å². The predicted molar refractivity (Wildman–Crippen MR) is 50.3 cm³/mol. The van der Waals surface area contributed by atoms with Crippen molar-refractivity contribution in [1.82, 2.24) is 14.9 Å². The molecular formula is C8H9N5O. The molecule has 0 unspecified atom stereocenters. The van der Waals surface area contributed by atoms with E-state index in [4.69, 9.17) is 0 Å². The molecule has 2 aliphatic heterocycles. The number of carbonyl (C=O) groups excluding carboxylic acids is 1. The van der Waals surface area contributed by atoms with Gasteiger partial charge in [-0.05, 0) is 0 Å². The van der Waals surface area contributed by atoms with E-state index in [0.717, 1.165) is 0 Å². The lowest BCUT2D eigenvalue weighted by Gasteiger charge is -2.29. The first-order chi connectivity index (χ1) is 6.79. The van der Waals surface area contributed by atoms with Crippen molar-refractivity contribution in [2.45, 2.75) is 0 Å². The number of aromatic amines is 1. The molecule has 0 radical (unpaired) electrons. The molecule has 2 aliphatic rings. The molecule has 3 rings (SSSR count). The van der Waals surface area contributed by atoms with Crippen LogP contribution in [0.1, 0.15) is 10.5 Å². The Balaban J connectivity index is 2.20. The van der Waals surface area contributed by atoms with E-state index in [1.54, 1.807) is 4.90 Å². The fraction of sp³-hybridized carbons (Fsp3) is 0.375. The summed E-state index contributed by atoms with van der Waals surface area (Å²) in [5.41, 5.74) is 0.549. The normalized spacial score (nSPS) is 19.5. The minimum Gasteiger partial charge on any atom is -0.339 e. The van der Waals surface area contributed by atoms with Crippen LogP contribution in [0.5, 0.6) is 0 Å². The number of aliphatic imine (C=N–C) groups is 1. The number of fused-ring (bicyclic) bond motifs is 2. The van der Waals surface area contributed by atoms with Gasteiger partial charge in [0.05, 0.1) is 12.9 Å². The number of anilines is 1. The zero-order chi connectivity index (χ0) is 9.71. The quantitative estimate of drug-likeness (QED) is 0.610. The van der Waals surface area contributed by atoms with Crippen LogP contribution < -0.4 is 4.90 Å². The van der Waals surface area contributed by atoms with Crippen molar-refractivity contribution < 1.29 is 4.79 Å². The van der Waals surface area contributed by atoms with Crippen molar-refractivity contribution in [2.24, 2.45) is 4.99 Å². The maximum atomic E-state index is 11.9. The first-order valence-electron chi connectivity index (χ1n) is 4.42. The predicted octanol–water partition coefficient (Wildman–Crippen LogP) is -0.329. The molecular weight excluding hydrogens is 182 g/mol. The summed E-state index contributed by atoms with van der Waals surface area (Å²) in [4.78, 5) is 26.6. The molecule has 1 amide bonds. The number of hydrogen-bond donors (Lipinski definition) is 1. The van der Waals surface area contributed by atoms with Gasteiger partial charge in [-0.3, -0.25) is 19.6 Å². The molecule has 0 saturated carbocycles. The average Bonchev–Trinajstić information content (AvgIpc) is 2.82. The van der Waals surface area contributed by atoms with Gasteiger partial charge >= 0.3 is 0 Å². The Labute approximate surface area is 80.2 Å². The molecule has 6 heteroatoms. The SMILES string of the molecule is CN1C2=NCCN2C(=O)c2[nH]cnc21. The first kappa shape index (κ1) is 7.54. The van der Waals surface area contributed by atoms with Crippen LogP contribution in [0.15, 0.2) is 11.3 Å². The van der Waals surface area contributed by atoms with E-state index in [1.807, 2.05) is 11.9 Å². The highest BCUT2D eigenvalue weighted by Crippen LogP contribution is 2.25. The van der Waals surface area contributed by atoms with Gasteiger partial charge in [0.2, 0.25) is 5.96 Å². The van der Waals surface area contributed by atoms with E-state index < -0.39 is 0 Å². The maximum absolute atomic E-state index is 11.9. The van der Waals surface area contributed by atoms with E-state index >= 15 is 0 Å². The summed E-state index contributed by atoms with van der Waals surface area (Å²) < 4.78 is 0. The fourth-order valence-corrected chi connectivity index (χ4v) is 1.84. The summed E-state index contributed by atoms with van der Waals surface area (Å²) in [6.45, 7) is 1.34. The van der Waals surface area contributed by atoms with Gasteiger partial charge in [0.15, 0.2) is 5.82 Å². The number of guanidine groups is 1. The van der Waals surface area contributed by atoms with Crippen LogP contribution in [-0.2, 0) is 0 Å². The summed E-state index contributed by atoms with van der Waals surface area (Å²) in [5, 5.41) is 0. The zero-order valence-corrected chi connectivity index (χ0v) is 7.69. The Kier molecular flexibility index (Phi) is 1.26. The van der Waals surface area contributed by atoms with Crippen molar-refractivity contribution in [2.75, 3.05) is 25.0 Å². The van der Waals surface area contributed by atoms with Crippen LogP contribution in [0.2, 0.25) is 0 Å². The van der Waals surface area contributed by atoms with Gasteiger partial charge in [0.25, 0.3) is 5.91 Å². The lowest BCUT2D eigenvalue weighted by molar-refractivity contribution is 0.0847. The van der Waals surface area contributed by atoms with Crippen LogP contribution in [-0.4, -0.2) is 46.9 Å². The van der Waals surface area contributed by atoms with Gasteiger partial charge in [-0.15, -0.1) is 0 Å². The number of rotatable bonds is 0. The van der Waals surface area contributed by atoms with Gasteiger partial charge in [-0.2, -0.15) is 0 Å². The lowest BCUT2D eigenvalue weighted by Crippen LogP contribution is -2.48. The van der Waals surface area contributed by atoms with Gasteiger partial charge in [-0.1, -0.05) is 0 Å². The Morgan fingerprint density at radius 2 is 2.43 bits per heavy atom.